The maximum atomic E-state index is 12.5. The van der Waals surface area contributed by atoms with E-state index in [9.17, 15) is 9.90 Å². The van der Waals surface area contributed by atoms with Crippen LogP contribution in [0.4, 0.5) is 0 Å². The van der Waals surface area contributed by atoms with Crippen LogP contribution in [0.1, 0.15) is 50.5 Å². The number of rotatable bonds is 4. The molecule has 0 bridgehead atoms. The summed E-state index contributed by atoms with van der Waals surface area (Å²) >= 11 is 1.73. The summed E-state index contributed by atoms with van der Waals surface area (Å²) in [6.07, 6.45) is 6.24. The van der Waals surface area contributed by atoms with E-state index in [1.54, 1.807) is 11.3 Å². The molecule has 2 fully saturated rings. The molecule has 1 unspecified atom stereocenters. The summed E-state index contributed by atoms with van der Waals surface area (Å²) < 4.78 is 1.22. The molecule has 1 saturated heterocycles. The van der Waals surface area contributed by atoms with Gasteiger partial charge in [0, 0.05) is 24.9 Å². The largest absolute Gasteiger partial charge is 0.390 e. The zero-order chi connectivity index (χ0) is 17.5. The van der Waals surface area contributed by atoms with E-state index >= 15 is 0 Å². The Kier molecular flexibility index (Phi) is 4.32. The van der Waals surface area contributed by atoms with Gasteiger partial charge in [0.15, 0.2) is 0 Å². The highest BCUT2D eigenvalue weighted by atomic mass is 32.1. The molecule has 4 rings (SSSR count). The third kappa shape index (κ3) is 3.08. The van der Waals surface area contributed by atoms with Gasteiger partial charge >= 0.3 is 0 Å². The molecule has 25 heavy (non-hydrogen) atoms. The van der Waals surface area contributed by atoms with Crippen molar-refractivity contribution >= 4 is 27.5 Å². The normalized spacial score (nSPS) is 25.3. The molecule has 1 aromatic heterocycles. The number of carbonyl (C=O) groups is 1. The molecule has 1 aromatic carbocycles. The minimum atomic E-state index is -0.519. The van der Waals surface area contributed by atoms with Gasteiger partial charge in [-0.3, -0.25) is 4.79 Å². The van der Waals surface area contributed by atoms with Gasteiger partial charge in [-0.2, -0.15) is 0 Å². The van der Waals surface area contributed by atoms with Gasteiger partial charge in [0.25, 0.3) is 0 Å². The molecule has 1 N–H and O–H groups in total. The van der Waals surface area contributed by atoms with Crippen molar-refractivity contribution in [1.82, 2.24) is 9.88 Å². The Morgan fingerprint density at radius 1 is 1.24 bits per heavy atom. The number of para-hydroxylation sites is 1. The number of fused-ring (bicyclic) bond motifs is 1. The molecule has 1 saturated carbocycles. The summed E-state index contributed by atoms with van der Waals surface area (Å²) in [4.78, 5) is 19.1. The van der Waals surface area contributed by atoms with E-state index in [1.165, 1.54) is 4.70 Å². The van der Waals surface area contributed by atoms with Gasteiger partial charge in [0.05, 0.1) is 20.8 Å². The molecule has 134 valence electrons. The number of aromatic nitrogens is 1. The fraction of sp³-hybridized carbons (Fsp3) is 0.600. The molecule has 2 aliphatic rings. The maximum Gasteiger partial charge on any atom is 0.222 e. The summed E-state index contributed by atoms with van der Waals surface area (Å²) in [5.41, 5.74) is 0.613. The molecule has 1 aliphatic heterocycles. The molecular weight excluding hydrogens is 332 g/mol. The number of nitrogens with zero attached hydrogens (tertiary/aromatic N) is 2. The third-order valence-electron chi connectivity index (χ3n) is 6.43. The van der Waals surface area contributed by atoms with E-state index in [1.807, 2.05) is 30.0 Å². The van der Waals surface area contributed by atoms with Crippen LogP contribution in [0.2, 0.25) is 0 Å². The van der Waals surface area contributed by atoms with E-state index in [0.29, 0.717) is 6.42 Å². The first-order valence-electron chi connectivity index (χ1n) is 9.34. The van der Waals surface area contributed by atoms with Gasteiger partial charge in [0.1, 0.15) is 0 Å². The van der Waals surface area contributed by atoms with Crippen LogP contribution in [0, 0.1) is 5.41 Å². The number of hydrogen-bond acceptors (Lipinski definition) is 4. The first-order chi connectivity index (χ1) is 12.0. The molecule has 4 nitrogen and oxygen atoms in total. The Balaban J connectivity index is 1.26. The monoisotopic (exact) mass is 358 g/mol. The average Bonchev–Trinajstić information content (AvgIpc) is 3.03. The van der Waals surface area contributed by atoms with Crippen molar-refractivity contribution in [1.29, 1.82) is 0 Å². The van der Waals surface area contributed by atoms with Crippen LogP contribution in [0.25, 0.3) is 10.2 Å². The molecule has 2 heterocycles. The van der Waals surface area contributed by atoms with Crippen LogP contribution in [0.15, 0.2) is 24.3 Å². The Morgan fingerprint density at radius 3 is 2.64 bits per heavy atom. The quantitative estimate of drug-likeness (QED) is 0.905. The molecular formula is C20H26N2O2S. The van der Waals surface area contributed by atoms with E-state index in [0.717, 1.165) is 62.1 Å². The Hall–Kier alpha value is -1.46. The number of thiazole rings is 1. The molecule has 0 radical (unpaired) electrons. The highest BCUT2D eigenvalue weighted by Crippen LogP contribution is 2.56. The number of piperidine rings is 1. The Labute approximate surface area is 152 Å². The van der Waals surface area contributed by atoms with Crippen LogP contribution >= 0.6 is 11.3 Å². The summed E-state index contributed by atoms with van der Waals surface area (Å²) in [6.45, 7) is 3.57. The van der Waals surface area contributed by atoms with Crippen molar-refractivity contribution in [2.75, 3.05) is 13.1 Å². The number of aliphatic hydroxyl groups is 1. The lowest BCUT2D eigenvalue weighted by molar-refractivity contribution is -0.180. The predicted octanol–water partition coefficient (Wildman–Crippen LogP) is 3.77. The van der Waals surface area contributed by atoms with Crippen molar-refractivity contribution in [3.8, 4) is 0 Å². The van der Waals surface area contributed by atoms with E-state index in [-0.39, 0.29) is 11.3 Å². The molecule has 2 aromatic rings. The number of aryl methyl sites for hydroxylation is 1. The molecule has 1 spiro atoms. The first kappa shape index (κ1) is 17.0. The first-order valence-corrected chi connectivity index (χ1v) is 10.2. The Bertz CT molecular complexity index is 742. The average molecular weight is 359 g/mol. The predicted molar refractivity (Wildman–Crippen MR) is 101 cm³/mol. The second-order valence-electron chi connectivity index (χ2n) is 7.86. The van der Waals surface area contributed by atoms with Crippen LogP contribution < -0.4 is 0 Å². The Morgan fingerprint density at radius 2 is 2.00 bits per heavy atom. The van der Waals surface area contributed by atoms with Crippen LogP contribution in [-0.4, -0.2) is 39.6 Å². The minimum absolute atomic E-state index is 0.0742. The summed E-state index contributed by atoms with van der Waals surface area (Å²) in [6, 6.07) is 8.19. The SMILES string of the molecule is CC1(O)CCC12CCN(C(=O)CCCc1nc3ccccc3s1)CC2. The van der Waals surface area contributed by atoms with E-state index < -0.39 is 5.60 Å². The zero-order valence-corrected chi connectivity index (χ0v) is 15.6. The number of carbonyl (C=O) groups excluding carboxylic acids is 1. The fourth-order valence-corrected chi connectivity index (χ4v) is 5.40. The van der Waals surface area contributed by atoms with Crippen molar-refractivity contribution < 1.29 is 9.90 Å². The molecule has 5 heteroatoms. The molecule has 1 atom stereocenters. The van der Waals surface area contributed by atoms with Crippen molar-refractivity contribution in [2.45, 2.75) is 57.5 Å². The number of amides is 1. The second-order valence-corrected chi connectivity index (χ2v) is 8.98. The lowest BCUT2D eigenvalue weighted by Crippen LogP contribution is -2.60. The second kappa shape index (κ2) is 6.36. The van der Waals surface area contributed by atoms with Crippen molar-refractivity contribution in [3.05, 3.63) is 29.3 Å². The van der Waals surface area contributed by atoms with Crippen molar-refractivity contribution in [2.24, 2.45) is 5.41 Å². The fourth-order valence-electron chi connectivity index (χ4n) is 4.39. The summed E-state index contributed by atoms with van der Waals surface area (Å²) in [7, 11) is 0. The smallest absolute Gasteiger partial charge is 0.222 e. The standard InChI is InChI=1S/C20H26N2O2S/c1-19(24)9-10-20(19)11-13-22(14-12-20)18(23)8-4-7-17-21-15-5-2-3-6-16(15)25-17/h2-3,5-6,24H,4,7-14H2,1H3. The zero-order valence-electron chi connectivity index (χ0n) is 14.8. The summed E-state index contributed by atoms with van der Waals surface area (Å²) in [5.74, 6) is 0.259. The van der Waals surface area contributed by atoms with E-state index in [2.05, 4.69) is 11.1 Å². The maximum absolute atomic E-state index is 12.5. The van der Waals surface area contributed by atoms with Gasteiger partial charge in [-0.1, -0.05) is 12.1 Å². The molecule has 1 aliphatic carbocycles. The van der Waals surface area contributed by atoms with Gasteiger partial charge in [-0.25, -0.2) is 4.98 Å². The summed E-state index contributed by atoms with van der Waals surface area (Å²) in [5, 5.41) is 11.6. The number of likely N-dealkylation sites (tertiary alicyclic amines) is 1. The third-order valence-corrected chi connectivity index (χ3v) is 7.52. The minimum Gasteiger partial charge on any atom is -0.390 e. The lowest BCUT2D eigenvalue weighted by atomic mass is 9.53. The highest BCUT2D eigenvalue weighted by Gasteiger charge is 2.55. The van der Waals surface area contributed by atoms with Crippen LogP contribution in [0.5, 0.6) is 0 Å². The highest BCUT2D eigenvalue weighted by molar-refractivity contribution is 7.18. The van der Waals surface area contributed by atoms with Gasteiger partial charge in [-0.15, -0.1) is 11.3 Å². The number of hydrogen-bond donors (Lipinski definition) is 1. The van der Waals surface area contributed by atoms with Crippen LogP contribution in [0.3, 0.4) is 0 Å². The number of benzene rings is 1. The van der Waals surface area contributed by atoms with Crippen LogP contribution in [-0.2, 0) is 11.2 Å². The topological polar surface area (TPSA) is 53.4 Å². The van der Waals surface area contributed by atoms with E-state index in [4.69, 9.17) is 0 Å². The van der Waals surface area contributed by atoms with Gasteiger partial charge < -0.3 is 10.0 Å². The molecule has 1 amide bonds. The lowest BCUT2D eigenvalue weighted by Gasteiger charge is -2.58. The van der Waals surface area contributed by atoms with Gasteiger partial charge in [-0.05, 0) is 57.6 Å². The van der Waals surface area contributed by atoms with Gasteiger partial charge in [0.2, 0.25) is 5.91 Å². The van der Waals surface area contributed by atoms with Crippen molar-refractivity contribution in [3.63, 3.8) is 0 Å².